The number of H-pyrrole nitrogens is 1. The molecule has 0 amide bonds. The zero-order chi connectivity index (χ0) is 16.4. The third kappa shape index (κ3) is 3.25. The van der Waals surface area contributed by atoms with Crippen molar-refractivity contribution in [3.8, 4) is 6.07 Å². The van der Waals surface area contributed by atoms with Crippen molar-refractivity contribution in [1.82, 2.24) is 9.29 Å². The number of nitrogens with one attached hydrogen (secondary N) is 1. The molecule has 1 unspecified atom stereocenters. The van der Waals surface area contributed by atoms with Crippen LogP contribution >= 0.6 is 0 Å². The largest absolute Gasteiger partial charge is 0.477 e. The summed E-state index contributed by atoms with van der Waals surface area (Å²) in [5.74, 6) is -1.65. The van der Waals surface area contributed by atoms with Gasteiger partial charge in [-0.2, -0.15) is 9.57 Å². The van der Waals surface area contributed by atoms with Crippen LogP contribution in [-0.4, -0.2) is 41.9 Å². The van der Waals surface area contributed by atoms with E-state index in [1.807, 2.05) is 6.07 Å². The minimum absolute atomic E-state index is 0.0214. The van der Waals surface area contributed by atoms with Crippen LogP contribution in [0, 0.1) is 31.1 Å². The van der Waals surface area contributed by atoms with Gasteiger partial charge in [0.25, 0.3) is 0 Å². The molecule has 1 rings (SSSR count). The molecule has 0 bridgehead atoms. The summed E-state index contributed by atoms with van der Waals surface area (Å²) in [6, 6.07) is 2.00. The summed E-state index contributed by atoms with van der Waals surface area (Å²) in [6.07, 6.45) is 0. The van der Waals surface area contributed by atoms with Crippen molar-refractivity contribution in [1.29, 1.82) is 5.26 Å². The van der Waals surface area contributed by atoms with Gasteiger partial charge < -0.3 is 10.1 Å². The van der Waals surface area contributed by atoms with Crippen molar-refractivity contribution in [3.05, 3.63) is 17.0 Å². The van der Waals surface area contributed by atoms with Crippen LogP contribution in [-0.2, 0) is 10.0 Å². The van der Waals surface area contributed by atoms with Gasteiger partial charge in [-0.15, -0.1) is 0 Å². The summed E-state index contributed by atoms with van der Waals surface area (Å²) >= 11 is 0. The number of nitrogens with zero attached hydrogens (tertiary/aromatic N) is 2. The number of carbonyl (C=O) groups is 1. The number of aromatic amines is 1. The first kappa shape index (κ1) is 17.2. The molecule has 116 valence electrons. The van der Waals surface area contributed by atoms with Crippen LogP contribution in [0.3, 0.4) is 0 Å². The Bertz CT molecular complexity index is 685. The summed E-state index contributed by atoms with van der Waals surface area (Å²) < 4.78 is 26.6. The molecule has 1 heterocycles. The molecule has 0 aromatic carbocycles. The van der Waals surface area contributed by atoms with Crippen molar-refractivity contribution >= 4 is 16.0 Å². The fourth-order valence-corrected chi connectivity index (χ4v) is 4.15. The minimum atomic E-state index is -3.84. The van der Waals surface area contributed by atoms with Gasteiger partial charge in [-0.3, -0.25) is 0 Å². The van der Waals surface area contributed by atoms with Crippen LogP contribution in [0.25, 0.3) is 0 Å². The van der Waals surface area contributed by atoms with Gasteiger partial charge in [0.15, 0.2) is 0 Å². The van der Waals surface area contributed by atoms with E-state index >= 15 is 0 Å². The summed E-state index contributed by atoms with van der Waals surface area (Å²) in [4.78, 5) is 13.7. The highest BCUT2D eigenvalue weighted by molar-refractivity contribution is 7.89. The number of rotatable bonds is 6. The van der Waals surface area contributed by atoms with E-state index in [4.69, 9.17) is 10.4 Å². The molecule has 0 saturated carbocycles. The first-order valence-corrected chi connectivity index (χ1v) is 7.93. The smallest absolute Gasteiger partial charge is 0.352 e. The van der Waals surface area contributed by atoms with Crippen LogP contribution in [0.1, 0.15) is 35.6 Å². The predicted octanol–water partition coefficient (Wildman–Crippen LogP) is 1.50. The lowest BCUT2D eigenvalue weighted by Crippen LogP contribution is -2.34. The number of aromatic carboxylic acids is 1. The standard InChI is InChI=1S/C13H19N3O4S/c1-5-16(7-8(2)6-14)21(19,20)12-9(3)11(13(17)18)15-10(12)4/h8,15H,5,7H2,1-4H3,(H,17,18). The number of hydrogen-bond acceptors (Lipinski definition) is 4. The van der Waals surface area contributed by atoms with Crippen LogP contribution in [0.2, 0.25) is 0 Å². The molecule has 0 fully saturated rings. The zero-order valence-corrected chi connectivity index (χ0v) is 13.3. The Morgan fingerprint density at radius 3 is 2.43 bits per heavy atom. The molecule has 2 N–H and O–H groups in total. The number of aromatic nitrogens is 1. The van der Waals surface area contributed by atoms with E-state index in [1.54, 1.807) is 13.8 Å². The third-order valence-corrected chi connectivity index (χ3v) is 5.45. The average Bonchev–Trinajstić information content (AvgIpc) is 2.71. The number of hydrogen-bond donors (Lipinski definition) is 2. The first-order chi connectivity index (χ1) is 9.66. The van der Waals surface area contributed by atoms with Gasteiger partial charge >= 0.3 is 5.97 Å². The maximum absolute atomic E-state index is 12.7. The average molecular weight is 313 g/mol. The first-order valence-electron chi connectivity index (χ1n) is 6.49. The van der Waals surface area contributed by atoms with E-state index in [9.17, 15) is 13.2 Å². The Morgan fingerprint density at radius 2 is 2.05 bits per heavy atom. The quantitative estimate of drug-likeness (QED) is 0.826. The summed E-state index contributed by atoms with van der Waals surface area (Å²) in [5.41, 5.74) is 0.339. The van der Waals surface area contributed by atoms with Crippen molar-refractivity contribution in [2.24, 2.45) is 5.92 Å². The summed E-state index contributed by atoms with van der Waals surface area (Å²) in [5, 5.41) is 17.9. The van der Waals surface area contributed by atoms with Crippen molar-refractivity contribution in [2.75, 3.05) is 13.1 Å². The van der Waals surface area contributed by atoms with E-state index in [-0.39, 0.29) is 34.9 Å². The van der Waals surface area contributed by atoms with Gasteiger partial charge in [0, 0.05) is 24.3 Å². The number of aryl methyl sites for hydroxylation is 1. The van der Waals surface area contributed by atoms with Crippen LogP contribution in [0.4, 0.5) is 0 Å². The van der Waals surface area contributed by atoms with Crippen molar-refractivity contribution in [2.45, 2.75) is 32.6 Å². The second kappa shape index (κ2) is 6.28. The molecule has 1 atom stereocenters. The molecule has 0 spiro atoms. The van der Waals surface area contributed by atoms with E-state index in [0.29, 0.717) is 0 Å². The number of carboxylic acid groups (broad SMARTS) is 1. The Kier molecular flexibility index (Phi) is 5.15. The van der Waals surface area contributed by atoms with Crippen LogP contribution in [0.5, 0.6) is 0 Å². The normalized spacial score (nSPS) is 13.1. The molecule has 1 aromatic rings. The lowest BCUT2D eigenvalue weighted by Gasteiger charge is -2.21. The molecule has 0 radical (unpaired) electrons. The van der Waals surface area contributed by atoms with Crippen molar-refractivity contribution < 1.29 is 18.3 Å². The molecule has 8 heteroatoms. The molecular formula is C13H19N3O4S. The van der Waals surface area contributed by atoms with Crippen LogP contribution < -0.4 is 0 Å². The van der Waals surface area contributed by atoms with Gasteiger partial charge in [0.2, 0.25) is 10.0 Å². The van der Waals surface area contributed by atoms with Gasteiger partial charge in [-0.05, 0) is 20.8 Å². The molecule has 0 aliphatic carbocycles. The van der Waals surface area contributed by atoms with Gasteiger partial charge in [-0.25, -0.2) is 13.2 Å². The fraction of sp³-hybridized carbons (Fsp3) is 0.538. The van der Waals surface area contributed by atoms with E-state index in [0.717, 1.165) is 0 Å². The van der Waals surface area contributed by atoms with E-state index in [2.05, 4.69) is 4.98 Å². The Balaban J connectivity index is 3.37. The molecule has 0 aliphatic heterocycles. The molecule has 0 aliphatic rings. The third-order valence-electron chi connectivity index (χ3n) is 3.23. The topological polar surface area (TPSA) is 114 Å². The molecular weight excluding hydrogens is 294 g/mol. The Labute approximate surface area is 124 Å². The zero-order valence-electron chi connectivity index (χ0n) is 12.5. The highest BCUT2D eigenvalue weighted by Gasteiger charge is 2.31. The molecule has 21 heavy (non-hydrogen) atoms. The van der Waals surface area contributed by atoms with Gasteiger partial charge in [-0.1, -0.05) is 6.92 Å². The lowest BCUT2D eigenvalue weighted by atomic mass is 10.2. The number of carboxylic acids is 1. The highest BCUT2D eigenvalue weighted by Crippen LogP contribution is 2.26. The maximum Gasteiger partial charge on any atom is 0.352 e. The second-order valence-corrected chi connectivity index (χ2v) is 6.74. The number of nitriles is 1. The highest BCUT2D eigenvalue weighted by atomic mass is 32.2. The summed E-state index contributed by atoms with van der Waals surface area (Å²) in [6.45, 7) is 6.58. The van der Waals surface area contributed by atoms with E-state index in [1.165, 1.54) is 18.2 Å². The fourth-order valence-electron chi connectivity index (χ4n) is 2.21. The Hall–Kier alpha value is -1.85. The minimum Gasteiger partial charge on any atom is -0.477 e. The second-order valence-electron chi connectivity index (χ2n) is 4.87. The Morgan fingerprint density at radius 1 is 1.48 bits per heavy atom. The number of sulfonamides is 1. The lowest BCUT2D eigenvalue weighted by molar-refractivity contribution is 0.0690. The van der Waals surface area contributed by atoms with Gasteiger partial charge in [0.05, 0.1) is 12.0 Å². The van der Waals surface area contributed by atoms with Crippen LogP contribution in [0.15, 0.2) is 4.90 Å². The SMILES string of the molecule is CCN(CC(C)C#N)S(=O)(=O)c1c(C)[nH]c(C(=O)O)c1C. The molecule has 1 aromatic heterocycles. The predicted molar refractivity (Wildman–Crippen MR) is 76.4 cm³/mol. The molecule has 7 nitrogen and oxygen atoms in total. The molecule has 0 saturated heterocycles. The summed E-state index contributed by atoms with van der Waals surface area (Å²) in [7, 11) is -3.84. The van der Waals surface area contributed by atoms with E-state index < -0.39 is 21.9 Å². The van der Waals surface area contributed by atoms with Gasteiger partial charge in [0.1, 0.15) is 10.6 Å². The monoisotopic (exact) mass is 313 g/mol. The van der Waals surface area contributed by atoms with Crippen molar-refractivity contribution in [3.63, 3.8) is 0 Å². The maximum atomic E-state index is 12.7.